The molecule has 112 valence electrons. The van der Waals surface area contributed by atoms with Crippen molar-refractivity contribution in [3.8, 4) is 0 Å². The molecule has 21 heavy (non-hydrogen) atoms. The number of benzene rings is 1. The molecule has 0 bridgehead atoms. The van der Waals surface area contributed by atoms with E-state index in [1.807, 2.05) is 24.3 Å². The zero-order chi connectivity index (χ0) is 14.9. The van der Waals surface area contributed by atoms with E-state index in [9.17, 15) is 9.18 Å². The van der Waals surface area contributed by atoms with Gasteiger partial charge in [0, 0.05) is 11.9 Å². The summed E-state index contributed by atoms with van der Waals surface area (Å²) in [6.45, 7) is 0.0434. The number of aliphatic hydroxyl groups is 1. The number of carbonyl (C=O) groups excluding carboxylic acids is 1. The summed E-state index contributed by atoms with van der Waals surface area (Å²) in [6, 6.07) is 7.64. The van der Waals surface area contributed by atoms with Crippen LogP contribution in [0.25, 0.3) is 10.9 Å². The lowest BCUT2D eigenvalue weighted by Gasteiger charge is -2.36. The summed E-state index contributed by atoms with van der Waals surface area (Å²) in [6.07, 6.45) is 2.59. The molecule has 1 aromatic heterocycles. The molecule has 3 rings (SSSR count). The third-order valence-corrected chi connectivity index (χ3v) is 4.00. The van der Waals surface area contributed by atoms with Crippen molar-refractivity contribution in [3.05, 3.63) is 30.5 Å². The number of hydrogen-bond donors (Lipinski definition) is 1. The van der Waals surface area contributed by atoms with Crippen LogP contribution in [-0.4, -0.2) is 51.1 Å². The Balaban J connectivity index is 1.74. The molecule has 0 aliphatic carbocycles. The number of rotatable bonds is 3. The van der Waals surface area contributed by atoms with Gasteiger partial charge in [-0.15, -0.1) is 0 Å². The van der Waals surface area contributed by atoms with Crippen molar-refractivity contribution in [1.29, 1.82) is 0 Å². The molecule has 0 saturated carbocycles. The average molecular weight is 291 g/mol. The lowest BCUT2D eigenvalue weighted by molar-refractivity contribution is -0.137. The highest BCUT2D eigenvalue weighted by Crippen LogP contribution is 2.25. The van der Waals surface area contributed by atoms with Gasteiger partial charge in [-0.25, -0.2) is 4.39 Å². The summed E-state index contributed by atoms with van der Waals surface area (Å²) in [5, 5.41) is 14.3. The maximum Gasteiger partial charge on any atom is 0.244 e. The first kappa shape index (κ1) is 14.0. The number of likely N-dealkylation sites (tertiary alicyclic amines) is 1. The summed E-state index contributed by atoms with van der Waals surface area (Å²) in [7, 11) is 0. The number of aliphatic hydroxyl groups excluding tert-OH is 1. The molecule has 1 N–H and O–H groups in total. The normalized spacial score (nSPS) is 22.7. The monoisotopic (exact) mass is 291 g/mol. The van der Waals surface area contributed by atoms with Gasteiger partial charge in [-0.05, 0) is 18.9 Å². The Morgan fingerprint density at radius 2 is 2.24 bits per heavy atom. The number of alkyl halides is 1. The molecule has 1 unspecified atom stereocenters. The maximum atomic E-state index is 14.2. The first-order chi connectivity index (χ1) is 10.1. The van der Waals surface area contributed by atoms with Crippen molar-refractivity contribution in [3.63, 3.8) is 0 Å². The van der Waals surface area contributed by atoms with Crippen molar-refractivity contribution >= 4 is 16.8 Å². The van der Waals surface area contributed by atoms with Gasteiger partial charge in [-0.2, -0.15) is 5.10 Å². The van der Waals surface area contributed by atoms with Gasteiger partial charge >= 0.3 is 0 Å². The molecule has 1 aliphatic heterocycles. The SMILES string of the molecule is O=C(Cn1ncc2ccccc21)N1CCCC(F)(CO)C1. The smallest absolute Gasteiger partial charge is 0.244 e. The molecule has 1 aliphatic rings. The highest BCUT2D eigenvalue weighted by atomic mass is 19.1. The molecule has 1 amide bonds. The van der Waals surface area contributed by atoms with Crippen LogP contribution in [0.2, 0.25) is 0 Å². The van der Waals surface area contributed by atoms with E-state index < -0.39 is 12.3 Å². The quantitative estimate of drug-likeness (QED) is 0.929. The van der Waals surface area contributed by atoms with Gasteiger partial charge < -0.3 is 10.0 Å². The van der Waals surface area contributed by atoms with E-state index in [4.69, 9.17) is 5.11 Å². The molecule has 5 nitrogen and oxygen atoms in total. The van der Waals surface area contributed by atoms with Crippen LogP contribution >= 0.6 is 0 Å². The minimum absolute atomic E-state index is 0.0401. The fourth-order valence-electron chi connectivity index (χ4n) is 2.81. The topological polar surface area (TPSA) is 58.4 Å². The first-order valence-corrected chi connectivity index (χ1v) is 7.09. The van der Waals surface area contributed by atoms with E-state index >= 15 is 0 Å². The van der Waals surface area contributed by atoms with E-state index in [2.05, 4.69) is 5.10 Å². The second kappa shape index (κ2) is 5.44. The van der Waals surface area contributed by atoms with Crippen LogP contribution in [-0.2, 0) is 11.3 Å². The highest BCUT2D eigenvalue weighted by molar-refractivity contribution is 5.82. The molecule has 0 radical (unpaired) electrons. The van der Waals surface area contributed by atoms with E-state index in [0.717, 1.165) is 10.9 Å². The van der Waals surface area contributed by atoms with Gasteiger partial charge in [0.15, 0.2) is 5.67 Å². The predicted octanol–water partition coefficient (Wildman–Crippen LogP) is 1.36. The first-order valence-electron chi connectivity index (χ1n) is 7.09. The molecule has 2 aromatic rings. The standard InChI is InChI=1S/C15H18FN3O2/c16-15(11-20)6-3-7-18(10-15)14(21)9-19-13-5-2-1-4-12(13)8-17-19/h1-2,4-5,8,20H,3,6-7,9-11H2. The van der Waals surface area contributed by atoms with Crippen LogP contribution in [0.1, 0.15) is 12.8 Å². The van der Waals surface area contributed by atoms with Gasteiger partial charge in [0.1, 0.15) is 6.54 Å². The number of para-hydroxylation sites is 1. The third-order valence-electron chi connectivity index (χ3n) is 4.00. The van der Waals surface area contributed by atoms with Gasteiger partial charge in [-0.3, -0.25) is 9.48 Å². The number of fused-ring (bicyclic) bond motifs is 1. The lowest BCUT2D eigenvalue weighted by atomic mass is 9.95. The maximum absolute atomic E-state index is 14.2. The van der Waals surface area contributed by atoms with Crippen molar-refractivity contribution < 1.29 is 14.3 Å². The van der Waals surface area contributed by atoms with E-state index in [1.54, 1.807) is 10.9 Å². The molecule has 0 spiro atoms. The van der Waals surface area contributed by atoms with Crippen LogP contribution in [0.5, 0.6) is 0 Å². The van der Waals surface area contributed by atoms with Crippen molar-refractivity contribution in [2.45, 2.75) is 25.1 Å². The lowest BCUT2D eigenvalue weighted by Crippen LogP contribution is -2.50. The Kier molecular flexibility index (Phi) is 3.63. The number of carbonyl (C=O) groups is 1. The summed E-state index contributed by atoms with van der Waals surface area (Å²) in [5.41, 5.74) is -0.781. The van der Waals surface area contributed by atoms with Gasteiger partial charge in [0.25, 0.3) is 0 Å². The average Bonchev–Trinajstić information content (AvgIpc) is 2.91. The van der Waals surface area contributed by atoms with Crippen molar-refractivity contribution in [2.24, 2.45) is 0 Å². The molecular weight excluding hydrogens is 273 g/mol. The van der Waals surface area contributed by atoms with Crippen LogP contribution in [0.4, 0.5) is 4.39 Å². The number of aromatic nitrogens is 2. The Morgan fingerprint density at radius 1 is 1.43 bits per heavy atom. The number of halogens is 1. The van der Waals surface area contributed by atoms with Gasteiger partial charge in [0.05, 0.1) is 24.9 Å². The second-order valence-electron chi connectivity index (χ2n) is 5.59. The zero-order valence-corrected chi connectivity index (χ0v) is 11.7. The largest absolute Gasteiger partial charge is 0.393 e. The van der Waals surface area contributed by atoms with E-state index in [-0.39, 0.29) is 19.0 Å². The zero-order valence-electron chi connectivity index (χ0n) is 11.7. The highest BCUT2D eigenvalue weighted by Gasteiger charge is 2.36. The minimum Gasteiger partial charge on any atom is -0.393 e. The van der Waals surface area contributed by atoms with Crippen molar-refractivity contribution in [2.75, 3.05) is 19.7 Å². The third kappa shape index (κ3) is 2.76. The van der Waals surface area contributed by atoms with Crippen LogP contribution < -0.4 is 0 Å². The Hall–Kier alpha value is -1.95. The fourth-order valence-corrected chi connectivity index (χ4v) is 2.81. The van der Waals surface area contributed by atoms with Crippen LogP contribution in [0.15, 0.2) is 30.5 Å². The number of piperidine rings is 1. The molecule has 1 saturated heterocycles. The van der Waals surface area contributed by atoms with E-state index in [1.165, 1.54) is 4.90 Å². The molecular formula is C15H18FN3O2. The van der Waals surface area contributed by atoms with Crippen molar-refractivity contribution in [1.82, 2.24) is 14.7 Å². The Labute approximate surface area is 122 Å². The summed E-state index contributed by atoms with van der Waals surface area (Å²) < 4.78 is 15.8. The Bertz CT molecular complexity index is 657. The Morgan fingerprint density at radius 3 is 3.05 bits per heavy atom. The number of nitrogens with zero attached hydrogens (tertiary/aromatic N) is 3. The summed E-state index contributed by atoms with van der Waals surface area (Å²) in [4.78, 5) is 13.8. The number of amides is 1. The van der Waals surface area contributed by atoms with Crippen LogP contribution in [0.3, 0.4) is 0 Å². The predicted molar refractivity (Wildman–Crippen MR) is 76.5 cm³/mol. The summed E-state index contributed by atoms with van der Waals surface area (Å²) >= 11 is 0. The molecule has 1 atom stereocenters. The minimum atomic E-state index is -1.67. The second-order valence-corrected chi connectivity index (χ2v) is 5.59. The van der Waals surface area contributed by atoms with Gasteiger partial charge in [0.2, 0.25) is 5.91 Å². The molecule has 6 heteroatoms. The van der Waals surface area contributed by atoms with Crippen LogP contribution in [0, 0.1) is 0 Å². The molecule has 1 aromatic carbocycles. The van der Waals surface area contributed by atoms with Gasteiger partial charge in [-0.1, -0.05) is 18.2 Å². The molecule has 2 heterocycles. The molecule has 1 fully saturated rings. The van der Waals surface area contributed by atoms with E-state index in [0.29, 0.717) is 19.4 Å². The fraction of sp³-hybridized carbons (Fsp3) is 0.467. The summed E-state index contributed by atoms with van der Waals surface area (Å²) in [5.74, 6) is -0.168. The number of hydrogen-bond acceptors (Lipinski definition) is 3.